The van der Waals surface area contributed by atoms with Gasteiger partial charge in [0.2, 0.25) is 11.8 Å². The summed E-state index contributed by atoms with van der Waals surface area (Å²) in [4.78, 5) is 34.8. The second-order valence-corrected chi connectivity index (χ2v) is 9.37. The van der Waals surface area contributed by atoms with Crippen molar-refractivity contribution in [2.75, 3.05) is 19.6 Å². The van der Waals surface area contributed by atoms with Gasteiger partial charge < -0.3 is 15.2 Å². The summed E-state index contributed by atoms with van der Waals surface area (Å²) in [5.41, 5.74) is 2.67. The smallest absolute Gasteiger partial charge is 0.246 e. The first-order valence-corrected chi connectivity index (χ1v) is 12.0. The molecule has 172 valence electrons. The fourth-order valence-electron chi connectivity index (χ4n) is 5.50. The van der Waals surface area contributed by atoms with Crippen LogP contribution < -0.4 is 5.32 Å². The third-order valence-electron chi connectivity index (χ3n) is 7.29. The van der Waals surface area contributed by atoms with Gasteiger partial charge in [-0.15, -0.1) is 0 Å². The highest BCUT2D eigenvalue weighted by atomic mass is 16.2. The van der Waals surface area contributed by atoms with Crippen molar-refractivity contribution in [3.8, 4) is 0 Å². The third-order valence-corrected chi connectivity index (χ3v) is 7.29. The van der Waals surface area contributed by atoms with Crippen molar-refractivity contribution in [1.29, 1.82) is 0 Å². The number of piperidine rings is 1. The molecule has 2 saturated heterocycles. The van der Waals surface area contributed by atoms with Crippen molar-refractivity contribution >= 4 is 22.7 Å². The minimum absolute atomic E-state index is 0.0137. The van der Waals surface area contributed by atoms with Crippen molar-refractivity contribution < 1.29 is 9.59 Å². The molecular weight excluding hydrogens is 412 g/mol. The minimum Gasteiger partial charge on any atom is -0.361 e. The lowest BCUT2D eigenvalue weighted by molar-refractivity contribution is -0.161. The molecule has 2 amide bonds. The van der Waals surface area contributed by atoms with Gasteiger partial charge in [0.05, 0.1) is 0 Å². The highest BCUT2D eigenvalue weighted by Gasteiger charge is 2.53. The summed E-state index contributed by atoms with van der Waals surface area (Å²) in [6.45, 7) is 5.19. The van der Waals surface area contributed by atoms with Gasteiger partial charge in [-0.25, -0.2) is 0 Å². The van der Waals surface area contributed by atoms with Crippen molar-refractivity contribution in [1.82, 2.24) is 20.1 Å². The molecule has 1 atom stereocenters. The minimum atomic E-state index is -0.725. The molecule has 1 unspecified atom stereocenters. The lowest BCUT2D eigenvalue weighted by Crippen LogP contribution is -2.73. The van der Waals surface area contributed by atoms with Crippen LogP contribution in [0.1, 0.15) is 37.3 Å². The Morgan fingerprint density at radius 1 is 1.00 bits per heavy atom. The average molecular weight is 445 g/mol. The Morgan fingerprint density at radius 3 is 2.48 bits per heavy atom. The molecule has 3 aromatic rings. The summed E-state index contributed by atoms with van der Waals surface area (Å²) in [7, 11) is 0. The monoisotopic (exact) mass is 444 g/mol. The predicted octanol–water partition coefficient (Wildman–Crippen LogP) is 3.48. The normalized spacial score (nSPS) is 21.0. The molecule has 2 aromatic carbocycles. The summed E-state index contributed by atoms with van der Waals surface area (Å²) >= 11 is 0. The van der Waals surface area contributed by atoms with E-state index < -0.39 is 11.6 Å². The van der Waals surface area contributed by atoms with E-state index in [0.29, 0.717) is 25.8 Å². The molecule has 0 aliphatic carbocycles. The largest absolute Gasteiger partial charge is 0.361 e. The van der Waals surface area contributed by atoms with Crippen LogP contribution in [0.2, 0.25) is 0 Å². The van der Waals surface area contributed by atoms with Crippen LogP contribution in [0, 0.1) is 0 Å². The van der Waals surface area contributed by atoms with Crippen molar-refractivity contribution in [3.05, 3.63) is 71.9 Å². The maximum Gasteiger partial charge on any atom is 0.246 e. The number of piperazine rings is 1. The molecule has 2 fully saturated rings. The Balaban J connectivity index is 1.32. The summed E-state index contributed by atoms with van der Waals surface area (Å²) < 4.78 is 0. The lowest BCUT2D eigenvalue weighted by Gasteiger charge is -2.51. The lowest BCUT2D eigenvalue weighted by atomic mass is 9.81. The van der Waals surface area contributed by atoms with E-state index in [4.69, 9.17) is 0 Å². The first-order valence-electron chi connectivity index (χ1n) is 12.0. The molecule has 1 aromatic heterocycles. The number of hydrogen-bond acceptors (Lipinski definition) is 3. The molecule has 1 spiro atoms. The number of amides is 2. The van der Waals surface area contributed by atoms with Crippen LogP contribution in [-0.2, 0) is 22.6 Å². The fraction of sp³-hybridized carbons (Fsp3) is 0.407. The van der Waals surface area contributed by atoms with Crippen LogP contribution >= 0.6 is 0 Å². The number of benzene rings is 2. The number of H-pyrrole nitrogens is 1. The number of fused-ring (bicyclic) bond motifs is 1. The molecule has 5 rings (SSSR count). The highest BCUT2D eigenvalue weighted by Crippen LogP contribution is 2.34. The zero-order valence-electron chi connectivity index (χ0n) is 19.2. The van der Waals surface area contributed by atoms with Crippen LogP contribution in [0.4, 0.5) is 0 Å². The third kappa shape index (κ3) is 4.04. The summed E-state index contributed by atoms with van der Waals surface area (Å²) in [5, 5.41) is 4.23. The van der Waals surface area contributed by atoms with Gasteiger partial charge in [-0.05, 0) is 36.5 Å². The molecule has 6 heteroatoms. The number of rotatable bonds is 6. The SMILES string of the molecule is CCCN1C(=O)C(Cc2c[nH]c3ccccc23)NC(=O)C12CCN(Cc1ccccc1)CC2. The number of likely N-dealkylation sites (tertiary alicyclic amines) is 1. The molecule has 33 heavy (non-hydrogen) atoms. The van der Waals surface area contributed by atoms with Crippen molar-refractivity contribution in [3.63, 3.8) is 0 Å². The topological polar surface area (TPSA) is 68.4 Å². The average Bonchev–Trinajstić information content (AvgIpc) is 3.25. The Morgan fingerprint density at radius 2 is 1.73 bits per heavy atom. The van der Waals surface area contributed by atoms with E-state index in [-0.39, 0.29) is 11.8 Å². The number of carbonyl (C=O) groups is 2. The summed E-state index contributed by atoms with van der Waals surface area (Å²) in [5.74, 6) is 0.0676. The first-order chi connectivity index (χ1) is 16.1. The first kappa shape index (κ1) is 21.7. The number of carbonyl (C=O) groups excluding carboxylic acids is 2. The number of nitrogens with one attached hydrogen (secondary N) is 2. The van der Waals surface area contributed by atoms with E-state index in [1.807, 2.05) is 35.4 Å². The zero-order chi connectivity index (χ0) is 22.8. The molecule has 0 saturated carbocycles. The van der Waals surface area contributed by atoms with E-state index in [1.165, 1.54) is 5.56 Å². The van der Waals surface area contributed by atoms with Gasteiger partial charge in [0, 0.05) is 49.7 Å². The standard InChI is InChI=1S/C27H32N4O2/c1-2-14-31-25(32)24(17-21-18-28-23-11-7-6-10-22(21)23)29-26(33)27(31)12-15-30(16-13-27)19-20-8-4-3-5-9-20/h3-11,18,24,28H,2,12-17,19H2,1H3,(H,29,33). The second kappa shape index (κ2) is 9.02. The highest BCUT2D eigenvalue weighted by molar-refractivity contribution is 6.00. The van der Waals surface area contributed by atoms with Crippen LogP contribution in [-0.4, -0.2) is 57.8 Å². The fourth-order valence-corrected chi connectivity index (χ4v) is 5.50. The maximum atomic E-state index is 13.7. The van der Waals surface area contributed by atoms with Gasteiger partial charge in [-0.3, -0.25) is 14.5 Å². The van der Waals surface area contributed by atoms with Crippen LogP contribution in [0.25, 0.3) is 10.9 Å². The van der Waals surface area contributed by atoms with E-state index in [9.17, 15) is 9.59 Å². The quantitative estimate of drug-likeness (QED) is 0.612. The molecule has 0 radical (unpaired) electrons. The Kier molecular flexibility index (Phi) is 5.94. The van der Waals surface area contributed by atoms with Crippen LogP contribution in [0.3, 0.4) is 0 Å². The molecule has 2 aliphatic heterocycles. The Bertz CT molecular complexity index is 1130. The van der Waals surface area contributed by atoms with E-state index in [1.54, 1.807) is 0 Å². The number of nitrogens with zero attached hydrogens (tertiary/aromatic N) is 2. The zero-order valence-corrected chi connectivity index (χ0v) is 19.2. The summed E-state index contributed by atoms with van der Waals surface area (Å²) in [6, 6.07) is 18.0. The Hall–Kier alpha value is -3.12. The van der Waals surface area contributed by atoms with Crippen LogP contribution in [0.15, 0.2) is 60.8 Å². The maximum absolute atomic E-state index is 13.7. The van der Waals surface area contributed by atoms with Gasteiger partial charge in [0.15, 0.2) is 0 Å². The van der Waals surface area contributed by atoms with E-state index in [2.05, 4.69) is 52.5 Å². The van der Waals surface area contributed by atoms with Gasteiger partial charge in [0.25, 0.3) is 0 Å². The summed E-state index contributed by atoms with van der Waals surface area (Å²) in [6.07, 6.45) is 4.66. The van der Waals surface area contributed by atoms with Gasteiger partial charge in [-0.1, -0.05) is 55.5 Å². The number of aromatic nitrogens is 1. The van der Waals surface area contributed by atoms with Gasteiger partial charge >= 0.3 is 0 Å². The van der Waals surface area contributed by atoms with Crippen LogP contribution in [0.5, 0.6) is 0 Å². The molecule has 0 bridgehead atoms. The van der Waals surface area contributed by atoms with E-state index >= 15 is 0 Å². The second-order valence-electron chi connectivity index (χ2n) is 9.37. The molecule has 3 heterocycles. The number of aromatic amines is 1. The molecule has 2 N–H and O–H groups in total. The number of hydrogen-bond donors (Lipinski definition) is 2. The van der Waals surface area contributed by atoms with Crippen molar-refractivity contribution in [2.24, 2.45) is 0 Å². The van der Waals surface area contributed by atoms with Gasteiger partial charge in [-0.2, -0.15) is 0 Å². The predicted molar refractivity (Wildman–Crippen MR) is 130 cm³/mol. The van der Waals surface area contributed by atoms with E-state index in [0.717, 1.165) is 42.5 Å². The molecule has 2 aliphatic rings. The Labute approximate surface area is 195 Å². The van der Waals surface area contributed by atoms with Gasteiger partial charge in [0.1, 0.15) is 11.6 Å². The van der Waals surface area contributed by atoms with Crippen molar-refractivity contribution in [2.45, 2.75) is 50.7 Å². The number of para-hydroxylation sites is 1. The molecular formula is C27H32N4O2. The molecule has 6 nitrogen and oxygen atoms in total.